The fourth-order valence-corrected chi connectivity index (χ4v) is 7.92. The number of nitrogens with one attached hydrogen (secondary N) is 1. The number of aryl methyl sites for hydroxylation is 4. The van der Waals surface area contributed by atoms with Crippen LogP contribution in [-0.4, -0.2) is 59.2 Å². The lowest BCUT2D eigenvalue weighted by molar-refractivity contribution is -0.156. The minimum atomic E-state index is -0.823. The fourth-order valence-electron chi connectivity index (χ4n) is 7.92. The highest BCUT2D eigenvalue weighted by atomic mass is 16.7. The number of nitrogens with zero attached hydrogens (tertiary/aromatic N) is 5. The molecular formula is C45H56N6O2. The molecule has 0 radical (unpaired) electrons. The van der Waals surface area contributed by atoms with E-state index < -0.39 is 11.4 Å². The molecule has 53 heavy (non-hydrogen) atoms. The van der Waals surface area contributed by atoms with E-state index in [0.29, 0.717) is 0 Å². The van der Waals surface area contributed by atoms with E-state index >= 15 is 0 Å². The van der Waals surface area contributed by atoms with Gasteiger partial charge in [0.15, 0.2) is 0 Å². The van der Waals surface area contributed by atoms with Crippen molar-refractivity contribution in [1.29, 1.82) is 0 Å². The first-order valence-corrected chi connectivity index (χ1v) is 19.1. The minimum absolute atomic E-state index is 0.0529. The van der Waals surface area contributed by atoms with Gasteiger partial charge in [0.1, 0.15) is 0 Å². The molecule has 0 atom stereocenters. The van der Waals surface area contributed by atoms with E-state index in [1.54, 1.807) is 5.06 Å². The van der Waals surface area contributed by atoms with Crippen molar-refractivity contribution in [3.05, 3.63) is 142 Å². The SMILES string of the molecule is CN1OC2(N=C1N(C)C(C)(C)C)c1ccccc1CCCc1ccccc12.CN1OC2(N=C1NC(C)(C)C)c1ccccc1CCCc1ccccc12. The molecular weight excluding hydrogens is 657 g/mol. The average molecular weight is 713 g/mol. The van der Waals surface area contributed by atoms with Gasteiger partial charge in [-0.05, 0) is 102 Å². The van der Waals surface area contributed by atoms with Crippen LogP contribution in [0.15, 0.2) is 107 Å². The van der Waals surface area contributed by atoms with Crippen molar-refractivity contribution in [3.8, 4) is 0 Å². The van der Waals surface area contributed by atoms with Gasteiger partial charge in [-0.15, -0.1) is 0 Å². The molecule has 0 fully saturated rings. The van der Waals surface area contributed by atoms with Gasteiger partial charge >= 0.3 is 0 Å². The zero-order chi connectivity index (χ0) is 37.6. The van der Waals surface area contributed by atoms with E-state index in [-0.39, 0.29) is 11.1 Å². The summed E-state index contributed by atoms with van der Waals surface area (Å²) in [5, 5.41) is 7.10. The highest BCUT2D eigenvalue weighted by Crippen LogP contribution is 2.46. The van der Waals surface area contributed by atoms with Gasteiger partial charge in [0.25, 0.3) is 0 Å². The van der Waals surface area contributed by atoms with Gasteiger partial charge in [-0.2, -0.15) is 0 Å². The summed E-state index contributed by atoms with van der Waals surface area (Å²) < 4.78 is 0. The van der Waals surface area contributed by atoms with Crippen LogP contribution in [0.1, 0.15) is 98.9 Å². The summed E-state index contributed by atoms with van der Waals surface area (Å²) in [6.07, 6.45) is 6.43. The van der Waals surface area contributed by atoms with Gasteiger partial charge in [-0.1, -0.05) is 97.1 Å². The molecule has 278 valence electrons. The Labute approximate surface area is 316 Å². The van der Waals surface area contributed by atoms with Gasteiger partial charge in [-0.3, -0.25) is 0 Å². The Bertz CT molecular complexity index is 1930. The van der Waals surface area contributed by atoms with Crippen molar-refractivity contribution in [1.82, 2.24) is 20.3 Å². The molecule has 2 aliphatic carbocycles. The number of rotatable bonds is 0. The van der Waals surface area contributed by atoms with Gasteiger partial charge in [0.05, 0.1) is 0 Å². The van der Waals surface area contributed by atoms with E-state index in [1.807, 2.05) is 19.2 Å². The summed E-state index contributed by atoms with van der Waals surface area (Å²) in [5.74, 6) is 1.62. The van der Waals surface area contributed by atoms with Crippen LogP contribution in [0.2, 0.25) is 0 Å². The molecule has 0 saturated carbocycles. The molecule has 2 heterocycles. The molecule has 0 saturated heterocycles. The fraction of sp³-hybridized carbons (Fsp3) is 0.422. The predicted molar refractivity (Wildman–Crippen MR) is 214 cm³/mol. The van der Waals surface area contributed by atoms with Crippen molar-refractivity contribution >= 4 is 11.9 Å². The van der Waals surface area contributed by atoms with Crippen LogP contribution in [0, 0.1) is 0 Å². The second kappa shape index (κ2) is 14.0. The van der Waals surface area contributed by atoms with Crippen molar-refractivity contribution in [2.24, 2.45) is 9.98 Å². The van der Waals surface area contributed by atoms with Crippen LogP contribution in [0.25, 0.3) is 0 Å². The van der Waals surface area contributed by atoms with Crippen LogP contribution in [0.3, 0.4) is 0 Å². The number of hydrogen-bond donors (Lipinski definition) is 1. The van der Waals surface area contributed by atoms with Gasteiger partial charge in [-0.25, -0.2) is 29.8 Å². The number of benzene rings is 4. The van der Waals surface area contributed by atoms with Crippen molar-refractivity contribution in [2.45, 2.75) is 103 Å². The van der Waals surface area contributed by atoms with Crippen LogP contribution < -0.4 is 5.32 Å². The third kappa shape index (κ3) is 6.95. The summed E-state index contributed by atoms with van der Waals surface area (Å²) in [6.45, 7) is 13.0. The molecule has 2 spiro atoms. The third-order valence-electron chi connectivity index (χ3n) is 10.7. The van der Waals surface area contributed by atoms with Crippen LogP contribution in [-0.2, 0) is 46.8 Å². The lowest BCUT2D eigenvalue weighted by Crippen LogP contribution is -2.47. The monoisotopic (exact) mass is 712 g/mol. The number of hydroxylamine groups is 4. The molecule has 0 unspecified atom stereocenters. The predicted octanol–water partition coefficient (Wildman–Crippen LogP) is 8.34. The summed E-state index contributed by atoms with van der Waals surface area (Å²) in [7, 11) is 5.97. The molecule has 4 aliphatic rings. The average Bonchev–Trinajstić information content (AvgIpc) is 3.63. The Morgan fingerprint density at radius 1 is 0.566 bits per heavy atom. The van der Waals surface area contributed by atoms with E-state index in [0.717, 1.165) is 72.7 Å². The maximum atomic E-state index is 6.60. The third-order valence-corrected chi connectivity index (χ3v) is 10.7. The molecule has 1 N–H and O–H groups in total. The van der Waals surface area contributed by atoms with E-state index in [9.17, 15) is 0 Å². The van der Waals surface area contributed by atoms with Crippen LogP contribution in [0.4, 0.5) is 0 Å². The zero-order valence-electron chi connectivity index (χ0n) is 33.0. The maximum absolute atomic E-state index is 6.60. The summed E-state index contributed by atoms with van der Waals surface area (Å²) in [4.78, 5) is 25.7. The first-order chi connectivity index (χ1) is 25.2. The summed E-state index contributed by atoms with van der Waals surface area (Å²) in [6, 6.07) is 34.3. The molecule has 8 heteroatoms. The van der Waals surface area contributed by atoms with E-state index in [2.05, 4.69) is 156 Å². The number of fused-ring (bicyclic) bond motifs is 8. The normalized spacial score (nSPS) is 18.5. The molecule has 4 aromatic carbocycles. The minimum Gasteiger partial charge on any atom is -0.350 e. The number of guanidine groups is 2. The molecule has 2 aliphatic heterocycles. The van der Waals surface area contributed by atoms with E-state index in [1.165, 1.54) is 22.3 Å². The Hall–Kier alpha value is -4.66. The molecule has 0 amide bonds. The highest BCUT2D eigenvalue weighted by molar-refractivity contribution is 5.82. The Morgan fingerprint density at radius 3 is 1.30 bits per heavy atom. The van der Waals surface area contributed by atoms with Crippen molar-refractivity contribution < 1.29 is 9.68 Å². The first-order valence-electron chi connectivity index (χ1n) is 19.1. The first kappa shape index (κ1) is 36.7. The Kier molecular flexibility index (Phi) is 9.66. The number of hydrogen-bond acceptors (Lipinski definition) is 8. The second-order valence-electron chi connectivity index (χ2n) is 16.8. The zero-order valence-corrected chi connectivity index (χ0v) is 33.0. The Balaban J connectivity index is 0.000000164. The lowest BCUT2D eigenvalue weighted by atomic mass is 9.83. The van der Waals surface area contributed by atoms with Crippen LogP contribution >= 0.6 is 0 Å². The highest BCUT2D eigenvalue weighted by Gasteiger charge is 2.49. The molecule has 8 rings (SSSR count). The van der Waals surface area contributed by atoms with Gasteiger partial charge in [0.2, 0.25) is 23.4 Å². The molecule has 0 bridgehead atoms. The summed E-state index contributed by atoms with van der Waals surface area (Å²) in [5.41, 5.74) is 8.08. The molecule has 8 nitrogen and oxygen atoms in total. The largest absolute Gasteiger partial charge is 0.350 e. The smallest absolute Gasteiger partial charge is 0.240 e. The maximum Gasteiger partial charge on any atom is 0.240 e. The topological polar surface area (TPSA) is 64.9 Å². The second-order valence-corrected chi connectivity index (χ2v) is 16.8. The quantitative estimate of drug-likeness (QED) is 0.198. The molecule has 0 aromatic heterocycles. The lowest BCUT2D eigenvalue weighted by Gasteiger charge is -2.35. The van der Waals surface area contributed by atoms with E-state index in [4.69, 9.17) is 19.7 Å². The number of aliphatic imine (C=N–C) groups is 2. The van der Waals surface area contributed by atoms with Crippen molar-refractivity contribution in [3.63, 3.8) is 0 Å². The Morgan fingerprint density at radius 2 is 0.925 bits per heavy atom. The van der Waals surface area contributed by atoms with Gasteiger partial charge in [0, 0.05) is 54.5 Å². The standard InChI is InChI=1S/C23H29N3O.C22H27N3O/c1-22(2,3)25(4)21-24-23(27-26(21)5)19-15-8-6-11-17(19)13-10-14-18-12-7-9-16-20(18)23;1-21(2,3)23-20-24-22(26-25(20)4)18-14-7-5-10-16(18)12-9-13-17-11-6-8-15-19(17)22/h6-9,11-12,15-16H,10,13-14H2,1-5H3;5-8,10-11,14-15H,9,12-13H2,1-4H3,(H,23,24). The van der Waals surface area contributed by atoms with Crippen LogP contribution in [0.5, 0.6) is 0 Å². The van der Waals surface area contributed by atoms with Gasteiger partial charge < -0.3 is 10.2 Å². The summed E-state index contributed by atoms with van der Waals surface area (Å²) >= 11 is 0. The van der Waals surface area contributed by atoms with Crippen molar-refractivity contribution in [2.75, 3.05) is 21.1 Å². The molecule has 4 aromatic rings.